The van der Waals surface area contributed by atoms with E-state index in [1.165, 1.54) is 0 Å². The number of aromatic nitrogens is 3. The molecule has 2 amide bonds. The maximum absolute atomic E-state index is 12.2. The number of methoxy groups -OCH3 is 1. The van der Waals surface area contributed by atoms with Gasteiger partial charge in [0.1, 0.15) is 5.65 Å². The number of benzene rings is 1. The zero-order valence-corrected chi connectivity index (χ0v) is 15.1. The number of pyridine rings is 2. The highest BCUT2D eigenvalue weighted by atomic mass is 16.5. The van der Waals surface area contributed by atoms with E-state index in [2.05, 4.69) is 20.6 Å². The molecule has 0 aliphatic rings. The third kappa shape index (κ3) is 3.52. The lowest BCUT2D eigenvalue weighted by molar-refractivity contribution is 0.251. The number of hydrogen-bond acceptors (Lipinski definition) is 4. The van der Waals surface area contributed by atoms with Gasteiger partial charge in [0.05, 0.1) is 24.9 Å². The Morgan fingerprint density at radius 1 is 1.15 bits per heavy atom. The molecule has 3 heterocycles. The number of urea groups is 1. The summed E-state index contributed by atoms with van der Waals surface area (Å²) in [6, 6.07) is 14.9. The van der Waals surface area contributed by atoms with Crippen LogP contribution in [-0.2, 0) is 6.54 Å². The van der Waals surface area contributed by atoms with Crippen molar-refractivity contribution in [1.29, 1.82) is 0 Å². The summed E-state index contributed by atoms with van der Waals surface area (Å²) in [6.45, 7) is 2.36. The van der Waals surface area contributed by atoms with Crippen molar-refractivity contribution in [3.8, 4) is 5.88 Å². The van der Waals surface area contributed by atoms with E-state index in [1.54, 1.807) is 13.2 Å². The molecule has 4 rings (SSSR count). The molecule has 0 saturated carbocycles. The first kappa shape index (κ1) is 16.8. The van der Waals surface area contributed by atoms with Gasteiger partial charge in [-0.2, -0.15) is 0 Å². The van der Waals surface area contributed by atoms with Gasteiger partial charge in [-0.25, -0.2) is 14.8 Å². The molecule has 7 heteroatoms. The number of nitrogens with zero attached hydrogens (tertiary/aromatic N) is 3. The minimum atomic E-state index is -0.287. The molecule has 0 unspecified atom stereocenters. The van der Waals surface area contributed by atoms with Gasteiger partial charge >= 0.3 is 6.03 Å². The van der Waals surface area contributed by atoms with Crippen LogP contribution in [0.1, 0.15) is 11.4 Å². The second-order valence-electron chi connectivity index (χ2n) is 6.20. The maximum atomic E-state index is 12.2. The van der Waals surface area contributed by atoms with Gasteiger partial charge in [0, 0.05) is 29.0 Å². The van der Waals surface area contributed by atoms with E-state index in [9.17, 15) is 4.79 Å². The predicted molar refractivity (Wildman–Crippen MR) is 104 cm³/mol. The number of fused-ring (bicyclic) bond motifs is 2. The lowest BCUT2D eigenvalue weighted by Gasteiger charge is -2.08. The number of amides is 2. The Kier molecular flexibility index (Phi) is 4.33. The molecule has 0 saturated heterocycles. The van der Waals surface area contributed by atoms with E-state index in [1.807, 2.05) is 60.0 Å². The Morgan fingerprint density at radius 3 is 2.85 bits per heavy atom. The molecule has 0 spiro atoms. The van der Waals surface area contributed by atoms with Crippen LogP contribution in [0.3, 0.4) is 0 Å². The monoisotopic (exact) mass is 361 g/mol. The van der Waals surface area contributed by atoms with Crippen molar-refractivity contribution in [1.82, 2.24) is 19.7 Å². The summed E-state index contributed by atoms with van der Waals surface area (Å²) >= 11 is 0. The fraction of sp³-hybridized carbons (Fsp3) is 0.150. The van der Waals surface area contributed by atoms with Crippen LogP contribution in [0.25, 0.3) is 16.6 Å². The van der Waals surface area contributed by atoms with Gasteiger partial charge in [-0.05, 0) is 43.3 Å². The van der Waals surface area contributed by atoms with Crippen molar-refractivity contribution in [3.05, 3.63) is 66.1 Å². The minimum absolute atomic E-state index is 0.287. The molecule has 0 fully saturated rings. The molecular formula is C20H19N5O2. The summed E-state index contributed by atoms with van der Waals surface area (Å²) in [5.74, 6) is 0.559. The fourth-order valence-electron chi connectivity index (χ4n) is 2.93. The summed E-state index contributed by atoms with van der Waals surface area (Å²) in [4.78, 5) is 21.1. The second-order valence-corrected chi connectivity index (χ2v) is 6.20. The Bertz CT molecular complexity index is 1140. The van der Waals surface area contributed by atoms with Gasteiger partial charge in [0.25, 0.3) is 0 Å². The van der Waals surface area contributed by atoms with Crippen molar-refractivity contribution in [3.63, 3.8) is 0 Å². The smallest absolute Gasteiger partial charge is 0.319 e. The summed E-state index contributed by atoms with van der Waals surface area (Å²) in [7, 11) is 1.58. The van der Waals surface area contributed by atoms with Crippen molar-refractivity contribution in [2.24, 2.45) is 0 Å². The summed E-state index contributed by atoms with van der Waals surface area (Å²) < 4.78 is 7.12. The highest BCUT2D eigenvalue weighted by molar-refractivity contribution is 5.92. The zero-order chi connectivity index (χ0) is 18.8. The van der Waals surface area contributed by atoms with Gasteiger partial charge in [0.15, 0.2) is 0 Å². The molecule has 0 aliphatic carbocycles. The van der Waals surface area contributed by atoms with Crippen LogP contribution < -0.4 is 15.4 Å². The van der Waals surface area contributed by atoms with Gasteiger partial charge in [0.2, 0.25) is 5.88 Å². The first-order valence-electron chi connectivity index (χ1n) is 8.55. The molecule has 7 nitrogen and oxygen atoms in total. The van der Waals surface area contributed by atoms with Crippen molar-refractivity contribution in [2.45, 2.75) is 13.5 Å². The molecule has 0 bridgehead atoms. The number of anilines is 1. The lowest BCUT2D eigenvalue weighted by atomic mass is 10.2. The third-order valence-electron chi connectivity index (χ3n) is 4.31. The Labute approximate surface area is 156 Å². The Morgan fingerprint density at radius 2 is 2.04 bits per heavy atom. The van der Waals surface area contributed by atoms with Gasteiger partial charge < -0.3 is 19.8 Å². The second kappa shape index (κ2) is 6.95. The van der Waals surface area contributed by atoms with E-state index >= 15 is 0 Å². The molecule has 4 aromatic rings. The number of ether oxygens (including phenoxy) is 1. The molecule has 0 atom stereocenters. The number of rotatable bonds is 4. The first-order chi connectivity index (χ1) is 13.1. The summed E-state index contributed by atoms with van der Waals surface area (Å²) in [6.07, 6.45) is 1.93. The standard InChI is InChI=1S/C20H19N5O2/c1-13-4-3-5-18-22-16(12-25(13)18)11-21-20(26)23-15-7-8-17-14(10-15)6-9-19(24-17)27-2/h3-10,12H,11H2,1-2H3,(H2,21,23,26). The van der Waals surface area contributed by atoms with Crippen LogP contribution in [0.2, 0.25) is 0 Å². The average molecular weight is 361 g/mol. The summed E-state index contributed by atoms with van der Waals surface area (Å²) in [5.41, 5.74) is 4.26. The molecule has 3 aromatic heterocycles. The average Bonchev–Trinajstić information content (AvgIpc) is 3.10. The topological polar surface area (TPSA) is 80.5 Å². The fourth-order valence-corrected chi connectivity index (χ4v) is 2.93. The number of carbonyl (C=O) groups excluding carboxylic acids is 1. The molecule has 0 aliphatic heterocycles. The lowest BCUT2D eigenvalue weighted by Crippen LogP contribution is -2.28. The highest BCUT2D eigenvalue weighted by Crippen LogP contribution is 2.20. The zero-order valence-electron chi connectivity index (χ0n) is 15.1. The van der Waals surface area contributed by atoms with Gasteiger partial charge in [-0.15, -0.1) is 0 Å². The Hall–Kier alpha value is -3.61. The summed E-state index contributed by atoms with van der Waals surface area (Å²) in [5, 5.41) is 6.59. The number of carbonyl (C=O) groups is 1. The van der Waals surface area contributed by atoms with E-state index in [-0.39, 0.29) is 6.03 Å². The number of imidazole rings is 1. The van der Waals surface area contributed by atoms with E-state index < -0.39 is 0 Å². The quantitative estimate of drug-likeness (QED) is 0.583. The number of aryl methyl sites for hydroxylation is 1. The molecule has 0 radical (unpaired) electrons. The SMILES string of the molecule is COc1ccc2cc(NC(=O)NCc3cn4c(C)cccc4n3)ccc2n1. The van der Waals surface area contributed by atoms with Crippen LogP contribution >= 0.6 is 0 Å². The first-order valence-corrected chi connectivity index (χ1v) is 8.55. The van der Waals surface area contributed by atoms with Crippen molar-refractivity contribution in [2.75, 3.05) is 12.4 Å². The number of hydrogen-bond donors (Lipinski definition) is 2. The largest absolute Gasteiger partial charge is 0.481 e. The van der Waals surface area contributed by atoms with Crippen LogP contribution in [0, 0.1) is 6.92 Å². The maximum Gasteiger partial charge on any atom is 0.319 e. The molecule has 27 heavy (non-hydrogen) atoms. The van der Waals surface area contributed by atoms with Crippen LogP contribution in [0.4, 0.5) is 10.5 Å². The van der Waals surface area contributed by atoms with Gasteiger partial charge in [-0.1, -0.05) is 6.07 Å². The highest BCUT2D eigenvalue weighted by Gasteiger charge is 2.07. The van der Waals surface area contributed by atoms with Crippen molar-refractivity contribution >= 4 is 28.3 Å². The molecule has 136 valence electrons. The molecular weight excluding hydrogens is 342 g/mol. The molecule has 1 aromatic carbocycles. The van der Waals surface area contributed by atoms with E-state index in [4.69, 9.17) is 4.74 Å². The van der Waals surface area contributed by atoms with E-state index in [0.29, 0.717) is 18.1 Å². The van der Waals surface area contributed by atoms with Crippen LogP contribution in [0.15, 0.2) is 54.7 Å². The third-order valence-corrected chi connectivity index (χ3v) is 4.31. The van der Waals surface area contributed by atoms with Crippen LogP contribution in [0.5, 0.6) is 5.88 Å². The van der Waals surface area contributed by atoms with E-state index in [0.717, 1.165) is 27.9 Å². The van der Waals surface area contributed by atoms with Crippen LogP contribution in [-0.4, -0.2) is 27.5 Å². The van der Waals surface area contributed by atoms with Gasteiger partial charge in [-0.3, -0.25) is 0 Å². The molecule has 2 N–H and O–H groups in total. The Balaban J connectivity index is 1.42. The number of nitrogens with one attached hydrogen (secondary N) is 2. The minimum Gasteiger partial charge on any atom is -0.481 e. The predicted octanol–water partition coefficient (Wildman–Crippen LogP) is 3.52. The van der Waals surface area contributed by atoms with Crippen molar-refractivity contribution < 1.29 is 9.53 Å². The normalized spacial score (nSPS) is 10.9.